The molecule has 1 saturated carbocycles. The molecule has 0 bridgehead atoms. The molecule has 16 heteroatoms. The zero-order valence-corrected chi connectivity index (χ0v) is 30.2. The van der Waals surface area contributed by atoms with Crippen molar-refractivity contribution < 1.29 is 47.8 Å². The summed E-state index contributed by atoms with van der Waals surface area (Å²) in [7, 11) is 0. The number of hydrogen-bond acceptors (Lipinski definition) is 10. The summed E-state index contributed by atoms with van der Waals surface area (Å²) in [5, 5.41) is 10.1. The molecule has 0 aromatic heterocycles. The van der Waals surface area contributed by atoms with E-state index in [0.29, 0.717) is 24.8 Å². The third-order valence-electron chi connectivity index (χ3n) is 9.47. The van der Waals surface area contributed by atoms with Crippen LogP contribution in [0.1, 0.15) is 83.7 Å². The van der Waals surface area contributed by atoms with E-state index in [2.05, 4.69) is 21.3 Å². The van der Waals surface area contributed by atoms with Crippen molar-refractivity contribution in [1.82, 2.24) is 26.2 Å². The minimum absolute atomic E-state index is 0.0262. The number of ketones is 1. The average Bonchev–Trinajstić information content (AvgIpc) is 3.77. The van der Waals surface area contributed by atoms with Gasteiger partial charge in [-0.1, -0.05) is 76.8 Å². The lowest BCUT2D eigenvalue weighted by Crippen LogP contribution is -2.58. The first-order chi connectivity index (χ1) is 24.8. The Morgan fingerprint density at radius 1 is 0.962 bits per heavy atom. The van der Waals surface area contributed by atoms with E-state index in [-0.39, 0.29) is 51.0 Å². The summed E-state index contributed by atoms with van der Waals surface area (Å²) in [6.45, 7) is 5.55. The minimum atomic E-state index is -1.28. The van der Waals surface area contributed by atoms with Crippen LogP contribution in [0.5, 0.6) is 0 Å². The Morgan fingerprint density at radius 2 is 1.63 bits per heavy atom. The lowest BCUT2D eigenvalue weighted by atomic mass is 9.83. The van der Waals surface area contributed by atoms with Crippen molar-refractivity contribution in [3.63, 3.8) is 0 Å². The summed E-state index contributed by atoms with van der Waals surface area (Å²) in [5.41, 5.74) is 5.90. The quantitative estimate of drug-likeness (QED) is 0.152. The topological polar surface area (TPSA) is 225 Å². The first-order valence-corrected chi connectivity index (χ1v) is 18.1. The van der Waals surface area contributed by atoms with Crippen LogP contribution in [0.15, 0.2) is 30.3 Å². The van der Waals surface area contributed by atoms with Crippen molar-refractivity contribution in [1.29, 1.82) is 0 Å². The highest BCUT2D eigenvalue weighted by atomic mass is 16.7. The van der Waals surface area contributed by atoms with Gasteiger partial charge in [-0.05, 0) is 36.7 Å². The molecule has 1 aromatic rings. The highest BCUT2D eigenvalue weighted by Gasteiger charge is 2.54. The van der Waals surface area contributed by atoms with E-state index in [1.807, 2.05) is 13.8 Å². The number of Topliss-reactive ketones (excluding diaryl/α,β-unsaturated/α-hetero) is 1. The van der Waals surface area contributed by atoms with Crippen LogP contribution >= 0.6 is 0 Å². The highest BCUT2D eigenvalue weighted by molar-refractivity contribution is 6.38. The molecule has 52 heavy (non-hydrogen) atoms. The Labute approximate surface area is 303 Å². The number of hydrogen-bond donors (Lipinski definition) is 5. The molecule has 6 amide bonds. The minimum Gasteiger partial charge on any atom is -0.449 e. The average molecular weight is 729 g/mol. The summed E-state index contributed by atoms with van der Waals surface area (Å²) < 4.78 is 17.1. The van der Waals surface area contributed by atoms with Gasteiger partial charge >= 0.3 is 6.09 Å². The fourth-order valence-corrected chi connectivity index (χ4v) is 6.86. The van der Waals surface area contributed by atoms with Gasteiger partial charge in [-0.3, -0.25) is 28.8 Å². The molecule has 3 aliphatic rings. The Morgan fingerprint density at radius 3 is 2.25 bits per heavy atom. The third-order valence-corrected chi connectivity index (χ3v) is 9.47. The number of carbonyl (C=O) groups excluding carboxylic acids is 7. The Hall–Kier alpha value is -4.57. The van der Waals surface area contributed by atoms with Crippen LogP contribution in [0.25, 0.3) is 0 Å². The van der Waals surface area contributed by atoms with Crippen LogP contribution in [0.3, 0.4) is 0 Å². The highest BCUT2D eigenvalue weighted by Crippen LogP contribution is 2.37. The smallest absolute Gasteiger partial charge is 0.407 e. The number of benzene rings is 1. The van der Waals surface area contributed by atoms with E-state index < -0.39 is 77.9 Å². The van der Waals surface area contributed by atoms with Crippen LogP contribution in [0.2, 0.25) is 0 Å². The standard InChI is InChI=1S/C36H52N6O10/c1-4-11-25(30(44)33(47)38-19-27(43)40-28(31(37)45)23-12-7-5-8-13-23)39-32(46)26-18-36(51-16-17-52-36)21-42(26)34(48)29(24-14-9-6-10-15-24)41-35(49)50-20-22(2)3/h5,7-8,12-13,22,24-26,28-29H,4,6,9-11,14-21H2,1-3H3,(H2,37,45)(H,38,47)(H,39,46)(H,40,43)(H,41,49). The number of nitrogens with one attached hydrogen (secondary N) is 4. The van der Waals surface area contributed by atoms with Crippen molar-refractivity contribution >= 4 is 41.4 Å². The van der Waals surface area contributed by atoms with E-state index in [4.69, 9.17) is 19.9 Å². The van der Waals surface area contributed by atoms with Crippen LogP contribution in [-0.2, 0) is 43.0 Å². The van der Waals surface area contributed by atoms with Gasteiger partial charge < -0.3 is 46.1 Å². The number of nitrogens with two attached hydrogens (primary N) is 1. The van der Waals surface area contributed by atoms with Gasteiger partial charge in [-0.15, -0.1) is 0 Å². The summed E-state index contributed by atoms with van der Waals surface area (Å²) in [4.78, 5) is 93.4. The second-order valence-electron chi connectivity index (χ2n) is 14.0. The molecule has 1 aliphatic carbocycles. The first kappa shape index (κ1) is 40.2. The number of primary amides is 1. The number of carbonyl (C=O) groups is 7. The zero-order valence-electron chi connectivity index (χ0n) is 30.2. The summed E-state index contributed by atoms with van der Waals surface area (Å²) in [6, 6.07) is 3.75. The van der Waals surface area contributed by atoms with Crippen LogP contribution < -0.4 is 27.0 Å². The SMILES string of the molecule is CCCC(NC(=O)C1CC2(CN1C(=O)C(NC(=O)OCC(C)C)C1CCCCC1)OCCO2)C(=O)C(=O)NCC(=O)NC(C(N)=O)c1ccccc1. The normalized spacial score (nSPS) is 20.1. The predicted octanol–water partition coefficient (Wildman–Crippen LogP) is 0.975. The lowest BCUT2D eigenvalue weighted by Gasteiger charge is -2.34. The predicted molar refractivity (Wildman–Crippen MR) is 186 cm³/mol. The number of ether oxygens (including phenoxy) is 3. The largest absolute Gasteiger partial charge is 0.449 e. The van der Waals surface area contributed by atoms with Crippen LogP contribution in [0.4, 0.5) is 4.79 Å². The van der Waals surface area contributed by atoms with E-state index in [1.165, 1.54) is 4.90 Å². The Balaban J connectivity index is 1.45. The van der Waals surface area contributed by atoms with Crippen molar-refractivity contribution in [3.8, 4) is 0 Å². The molecule has 4 rings (SSSR count). The molecule has 1 spiro atoms. The second kappa shape index (κ2) is 18.8. The molecule has 16 nitrogen and oxygen atoms in total. The maximum Gasteiger partial charge on any atom is 0.407 e. The molecule has 4 atom stereocenters. The van der Waals surface area contributed by atoms with E-state index in [1.54, 1.807) is 37.3 Å². The van der Waals surface area contributed by atoms with Gasteiger partial charge in [0.2, 0.25) is 29.4 Å². The second-order valence-corrected chi connectivity index (χ2v) is 14.0. The molecule has 3 fully saturated rings. The molecular formula is C36H52N6O10. The molecule has 286 valence electrons. The summed E-state index contributed by atoms with van der Waals surface area (Å²) >= 11 is 0. The molecular weight excluding hydrogens is 676 g/mol. The van der Waals surface area contributed by atoms with Gasteiger partial charge in [-0.2, -0.15) is 0 Å². The zero-order chi connectivity index (χ0) is 37.8. The van der Waals surface area contributed by atoms with Gasteiger partial charge in [0, 0.05) is 6.42 Å². The fraction of sp³-hybridized carbons (Fsp3) is 0.639. The number of amides is 6. The number of nitrogens with zero attached hydrogens (tertiary/aromatic N) is 1. The van der Waals surface area contributed by atoms with Gasteiger partial charge in [0.05, 0.1) is 39.0 Å². The van der Waals surface area contributed by atoms with Crippen molar-refractivity contribution in [3.05, 3.63) is 35.9 Å². The van der Waals surface area contributed by atoms with Crippen molar-refractivity contribution in [2.75, 3.05) is 32.9 Å². The molecule has 0 radical (unpaired) electrons. The summed E-state index contributed by atoms with van der Waals surface area (Å²) in [6.07, 6.45) is 3.97. The van der Waals surface area contributed by atoms with Gasteiger partial charge in [0.25, 0.3) is 5.91 Å². The van der Waals surface area contributed by atoms with Gasteiger partial charge in [-0.25, -0.2) is 4.79 Å². The Kier molecular flexibility index (Phi) is 14.5. The number of rotatable bonds is 16. The Bertz CT molecular complexity index is 1440. The molecule has 2 saturated heterocycles. The van der Waals surface area contributed by atoms with Crippen molar-refractivity contribution in [2.45, 2.75) is 102 Å². The van der Waals surface area contributed by atoms with Crippen LogP contribution in [0, 0.1) is 11.8 Å². The molecule has 6 N–H and O–H groups in total. The molecule has 4 unspecified atom stereocenters. The van der Waals surface area contributed by atoms with E-state index >= 15 is 0 Å². The van der Waals surface area contributed by atoms with Crippen LogP contribution in [-0.4, -0.2) is 103 Å². The van der Waals surface area contributed by atoms with Crippen molar-refractivity contribution in [2.24, 2.45) is 17.6 Å². The maximum absolute atomic E-state index is 14.4. The molecule has 2 aliphatic heterocycles. The maximum atomic E-state index is 14.4. The first-order valence-electron chi connectivity index (χ1n) is 18.1. The number of likely N-dealkylation sites (tertiary alicyclic amines) is 1. The van der Waals surface area contributed by atoms with E-state index in [9.17, 15) is 33.6 Å². The van der Waals surface area contributed by atoms with E-state index in [0.717, 1.165) is 19.3 Å². The monoisotopic (exact) mass is 728 g/mol. The fourth-order valence-electron chi connectivity index (χ4n) is 6.86. The number of alkyl carbamates (subject to hydrolysis) is 1. The van der Waals surface area contributed by atoms with Gasteiger partial charge in [0.15, 0.2) is 5.79 Å². The molecule has 2 heterocycles. The molecule has 1 aromatic carbocycles. The third kappa shape index (κ3) is 10.7. The van der Waals surface area contributed by atoms with Gasteiger partial charge in [0.1, 0.15) is 18.1 Å². The summed E-state index contributed by atoms with van der Waals surface area (Å²) in [5.74, 6) is -6.21. The lowest BCUT2D eigenvalue weighted by molar-refractivity contribution is -0.154.